The lowest BCUT2D eigenvalue weighted by molar-refractivity contribution is 0.473. The number of hydrogen-bond acceptors (Lipinski definition) is 2. The van der Waals surface area contributed by atoms with Crippen molar-refractivity contribution in [2.75, 3.05) is 0 Å². The molecule has 0 aliphatic heterocycles. The average molecular weight is 168 g/mol. The maximum Gasteiger partial charge on any atom is 0.116 e. The zero-order valence-corrected chi connectivity index (χ0v) is 7.44. The maximum absolute atomic E-state index is 9.17. The Labute approximate surface area is 72.5 Å². The van der Waals surface area contributed by atoms with Gasteiger partial charge < -0.3 is 5.11 Å². The number of phenolic OH excluding ortho intramolecular Hbond substituents is 1. The van der Waals surface area contributed by atoms with Gasteiger partial charge in [0.05, 0.1) is 0 Å². The fourth-order valence-electron chi connectivity index (χ4n) is 1.09. The molecule has 60 valence electrons. The zero-order chi connectivity index (χ0) is 8.27. The number of aryl methyl sites for hydroxylation is 1. The predicted molar refractivity (Wildman–Crippen MR) is 49.4 cm³/mol. The first kappa shape index (κ1) is 8.47. The van der Waals surface area contributed by atoms with Crippen molar-refractivity contribution in [3.05, 3.63) is 23.8 Å². The van der Waals surface area contributed by atoms with Crippen LogP contribution in [0.2, 0.25) is 0 Å². The average Bonchev–Trinajstić information content (AvgIpc) is 1.85. The molecule has 2 heteroatoms. The van der Waals surface area contributed by atoms with E-state index in [2.05, 4.69) is 19.6 Å². The van der Waals surface area contributed by atoms with Gasteiger partial charge in [0, 0.05) is 4.90 Å². The number of phenols is 1. The van der Waals surface area contributed by atoms with Gasteiger partial charge in [0.1, 0.15) is 5.75 Å². The van der Waals surface area contributed by atoms with Crippen LogP contribution < -0.4 is 0 Å². The van der Waals surface area contributed by atoms with E-state index in [4.69, 9.17) is 0 Å². The summed E-state index contributed by atoms with van der Waals surface area (Å²) in [4.78, 5) is 0.827. The fraction of sp³-hybridized carbons (Fsp3) is 0.333. The molecule has 0 saturated carbocycles. The molecule has 0 atom stereocenters. The Balaban J connectivity index is 2.89. The first-order valence-corrected chi connectivity index (χ1v) is 4.19. The van der Waals surface area contributed by atoms with Crippen LogP contribution in [0.4, 0.5) is 0 Å². The molecular weight excluding hydrogens is 156 g/mol. The molecule has 1 rings (SSSR count). The second kappa shape index (κ2) is 3.67. The SMILES string of the molecule is CCCc1cc(O)cc(S)c1. The van der Waals surface area contributed by atoms with Crippen molar-refractivity contribution < 1.29 is 5.11 Å². The molecule has 0 heterocycles. The summed E-state index contributed by atoms with van der Waals surface area (Å²) >= 11 is 4.16. The van der Waals surface area contributed by atoms with Gasteiger partial charge in [-0.2, -0.15) is 0 Å². The van der Waals surface area contributed by atoms with Crippen molar-refractivity contribution in [3.63, 3.8) is 0 Å². The Kier molecular flexibility index (Phi) is 2.83. The molecule has 1 aromatic rings. The Morgan fingerprint density at radius 2 is 2.09 bits per heavy atom. The van der Waals surface area contributed by atoms with Crippen molar-refractivity contribution in [1.29, 1.82) is 0 Å². The van der Waals surface area contributed by atoms with E-state index in [9.17, 15) is 5.11 Å². The van der Waals surface area contributed by atoms with Gasteiger partial charge in [-0.1, -0.05) is 13.3 Å². The quantitative estimate of drug-likeness (QED) is 0.650. The number of aromatic hydroxyl groups is 1. The molecule has 0 unspecified atom stereocenters. The minimum atomic E-state index is 0.306. The third kappa shape index (κ3) is 2.46. The molecule has 0 aliphatic rings. The minimum Gasteiger partial charge on any atom is -0.508 e. The van der Waals surface area contributed by atoms with Crippen LogP contribution in [-0.2, 0) is 6.42 Å². The Bertz CT molecular complexity index is 225. The molecule has 0 aromatic heterocycles. The molecule has 11 heavy (non-hydrogen) atoms. The summed E-state index contributed by atoms with van der Waals surface area (Å²) in [7, 11) is 0. The number of thiol groups is 1. The smallest absolute Gasteiger partial charge is 0.116 e. The Hall–Kier alpha value is -0.630. The van der Waals surface area contributed by atoms with Crippen molar-refractivity contribution >= 4 is 12.6 Å². The number of hydrogen-bond donors (Lipinski definition) is 2. The van der Waals surface area contributed by atoms with Crippen LogP contribution in [-0.4, -0.2) is 5.11 Å². The van der Waals surface area contributed by atoms with E-state index < -0.39 is 0 Å². The molecule has 0 bridgehead atoms. The van der Waals surface area contributed by atoms with E-state index in [0.717, 1.165) is 23.3 Å². The van der Waals surface area contributed by atoms with Gasteiger partial charge in [0.15, 0.2) is 0 Å². The second-order valence-corrected chi connectivity index (χ2v) is 3.12. The molecule has 0 amide bonds. The highest BCUT2D eigenvalue weighted by Crippen LogP contribution is 2.19. The largest absolute Gasteiger partial charge is 0.508 e. The van der Waals surface area contributed by atoms with Gasteiger partial charge in [0.25, 0.3) is 0 Å². The molecule has 0 spiro atoms. The van der Waals surface area contributed by atoms with Crippen molar-refractivity contribution in [3.8, 4) is 5.75 Å². The van der Waals surface area contributed by atoms with E-state index >= 15 is 0 Å². The lowest BCUT2D eigenvalue weighted by Gasteiger charge is -2.00. The zero-order valence-electron chi connectivity index (χ0n) is 6.54. The second-order valence-electron chi connectivity index (χ2n) is 2.61. The highest BCUT2D eigenvalue weighted by Gasteiger charge is 1.95. The third-order valence-corrected chi connectivity index (χ3v) is 1.76. The van der Waals surface area contributed by atoms with Crippen molar-refractivity contribution in [2.45, 2.75) is 24.7 Å². The summed E-state index contributed by atoms with van der Waals surface area (Å²) in [6, 6.07) is 5.40. The molecule has 0 aliphatic carbocycles. The van der Waals surface area contributed by atoms with Crippen molar-refractivity contribution in [1.82, 2.24) is 0 Å². The van der Waals surface area contributed by atoms with E-state index in [1.807, 2.05) is 6.07 Å². The molecule has 1 N–H and O–H groups in total. The number of benzene rings is 1. The van der Waals surface area contributed by atoms with Crippen LogP contribution in [0.3, 0.4) is 0 Å². The van der Waals surface area contributed by atoms with Crippen LogP contribution in [0, 0.1) is 0 Å². The minimum absolute atomic E-state index is 0.306. The van der Waals surface area contributed by atoms with E-state index in [-0.39, 0.29) is 0 Å². The van der Waals surface area contributed by atoms with Gasteiger partial charge in [-0.05, 0) is 30.2 Å². The van der Waals surface area contributed by atoms with Gasteiger partial charge in [-0.3, -0.25) is 0 Å². The highest BCUT2D eigenvalue weighted by atomic mass is 32.1. The van der Waals surface area contributed by atoms with Crippen molar-refractivity contribution in [2.24, 2.45) is 0 Å². The Morgan fingerprint density at radius 1 is 1.36 bits per heavy atom. The van der Waals surface area contributed by atoms with Crippen LogP contribution in [0.5, 0.6) is 5.75 Å². The van der Waals surface area contributed by atoms with Gasteiger partial charge in [-0.25, -0.2) is 0 Å². The summed E-state index contributed by atoms with van der Waals surface area (Å²) in [6.07, 6.45) is 2.10. The third-order valence-electron chi connectivity index (χ3n) is 1.50. The van der Waals surface area contributed by atoms with Gasteiger partial charge in [0.2, 0.25) is 0 Å². The normalized spacial score (nSPS) is 10.0. The van der Waals surface area contributed by atoms with Crippen LogP contribution in [0.15, 0.2) is 23.1 Å². The summed E-state index contributed by atoms with van der Waals surface area (Å²) < 4.78 is 0. The Morgan fingerprint density at radius 3 is 2.64 bits per heavy atom. The summed E-state index contributed by atoms with van der Waals surface area (Å²) in [5.41, 5.74) is 1.15. The lowest BCUT2D eigenvalue weighted by Crippen LogP contribution is -1.82. The summed E-state index contributed by atoms with van der Waals surface area (Å²) in [6.45, 7) is 2.11. The molecule has 0 saturated heterocycles. The van der Waals surface area contributed by atoms with Crippen LogP contribution >= 0.6 is 12.6 Å². The van der Waals surface area contributed by atoms with Crippen LogP contribution in [0.1, 0.15) is 18.9 Å². The van der Waals surface area contributed by atoms with E-state index in [1.165, 1.54) is 0 Å². The standard InChI is InChI=1S/C9H12OS/c1-2-3-7-4-8(10)6-9(11)5-7/h4-6,10-11H,2-3H2,1H3. The number of rotatable bonds is 2. The topological polar surface area (TPSA) is 20.2 Å². The first-order valence-electron chi connectivity index (χ1n) is 3.74. The molecule has 1 aromatic carbocycles. The van der Waals surface area contributed by atoms with Gasteiger partial charge >= 0.3 is 0 Å². The van der Waals surface area contributed by atoms with Crippen LogP contribution in [0.25, 0.3) is 0 Å². The fourth-order valence-corrected chi connectivity index (χ4v) is 1.39. The van der Waals surface area contributed by atoms with Gasteiger partial charge in [-0.15, -0.1) is 12.6 Å². The summed E-state index contributed by atoms with van der Waals surface area (Å²) in [5, 5.41) is 9.17. The molecular formula is C9H12OS. The molecule has 0 radical (unpaired) electrons. The molecule has 1 nitrogen and oxygen atoms in total. The monoisotopic (exact) mass is 168 g/mol. The molecule has 0 fully saturated rings. The predicted octanol–water partition coefficient (Wildman–Crippen LogP) is 2.63. The van der Waals surface area contributed by atoms with E-state index in [0.29, 0.717) is 5.75 Å². The van der Waals surface area contributed by atoms with E-state index in [1.54, 1.807) is 12.1 Å². The lowest BCUT2D eigenvalue weighted by atomic mass is 10.1. The maximum atomic E-state index is 9.17. The first-order chi connectivity index (χ1) is 5.22. The summed E-state index contributed by atoms with van der Waals surface area (Å²) in [5.74, 6) is 0.306. The highest BCUT2D eigenvalue weighted by molar-refractivity contribution is 7.80.